The minimum atomic E-state index is 0.0718. The van der Waals surface area contributed by atoms with Crippen molar-refractivity contribution in [2.75, 3.05) is 0 Å². The van der Waals surface area contributed by atoms with E-state index in [1.165, 1.54) is 11.0 Å². The van der Waals surface area contributed by atoms with Gasteiger partial charge in [0.2, 0.25) is 5.62 Å². The monoisotopic (exact) mass is 330 g/mol. The third-order valence-corrected chi connectivity index (χ3v) is 4.76. The number of rotatable bonds is 3. The lowest BCUT2D eigenvalue weighted by atomic mass is 9.80. The second-order valence-electron chi connectivity index (χ2n) is 6.01. The van der Waals surface area contributed by atoms with Crippen LogP contribution >= 0.6 is 11.6 Å². The average Bonchev–Trinajstić information content (AvgIpc) is 2.56. The van der Waals surface area contributed by atoms with Gasteiger partial charge in [-0.1, -0.05) is 31.4 Å². The van der Waals surface area contributed by atoms with E-state index < -0.39 is 0 Å². The van der Waals surface area contributed by atoms with Gasteiger partial charge >= 0.3 is 0 Å². The highest BCUT2D eigenvalue weighted by molar-refractivity contribution is 6.32. The molecule has 0 radical (unpaired) electrons. The van der Waals surface area contributed by atoms with E-state index in [-0.39, 0.29) is 5.62 Å². The summed E-state index contributed by atoms with van der Waals surface area (Å²) >= 11 is 6.27. The normalized spacial score (nSPS) is 21.1. The van der Waals surface area contributed by atoms with Crippen molar-refractivity contribution in [3.8, 4) is 11.3 Å². The van der Waals surface area contributed by atoms with Crippen molar-refractivity contribution in [1.82, 2.24) is 19.6 Å². The van der Waals surface area contributed by atoms with Gasteiger partial charge in [0.25, 0.3) is 0 Å². The van der Waals surface area contributed by atoms with Crippen LogP contribution in [0.1, 0.15) is 44.2 Å². The first-order chi connectivity index (χ1) is 11.1. The van der Waals surface area contributed by atoms with Gasteiger partial charge in [0.05, 0.1) is 16.4 Å². The Hall–Kier alpha value is -2.08. The Morgan fingerprint density at radius 1 is 1.26 bits per heavy atom. The van der Waals surface area contributed by atoms with Gasteiger partial charge in [0.1, 0.15) is 6.33 Å². The van der Waals surface area contributed by atoms with Crippen LogP contribution in [0.4, 0.5) is 0 Å². The van der Waals surface area contributed by atoms with Gasteiger partial charge in [-0.2, -0.15) is 5.10 Å². The van der Waals surface area contributed by atoms with Crippen molar-refractivity contribution >= 4 is 18.3 Å². The number of nitrogens with one attached hydrogen (secondary N) is 1. The standard InChI is InChI=1S/C16H19ClN6/c1-10-3-5-11(6-4-10)15-12(7-21-16(18)23(15)19-2)14-13(17)8-20-9-22-14/h7-11,18H,2-6H2,1H3. The molecule has 1 saturated carbocycles. The zero-order valence-electron chi connectivity index (χ0n) is 13.0. The second-order valence-corrected chi connectivity index (χ2v) is 6.42. The van der Waals surface area contributed by atoms with E-state index in [9.17, 15) is 0 Å². The average molecular weight is 331 g/mol. The van der Waals surface area contributed by atoms with E-state index >= 15 is 0 Å². The van der Waals surface area contributed by atoms with Crippen LogP contribution in [0.2, 0.25) is 5.02 Å². The predicted molar refractivity (Wildman–Crippen MR) is 89.4 cm³/mol. The summed E-state index contributed by atoms with van der Waals surface area (Å²) in [6, 6.07) is 0. The van der Waals surface area contributed by atoms with E-state index in [1.54, 1.807) is 12.4 Å². The lowest BCUT2D eigenvalue weighted by Crippen LogP contribution is -2.27. The topological polar surface area (TPSA) is 79.8 Å². The number of aromatic nitrogens is 4. The molecule has 2 aromatic rings. The molecule has 0 atom stereocenters. The molecule has 2 heterocycles. The molecule has 0 amide bonds. The van der Waals surface area contributed by atoms with E-state index in [0.29, 0.717) is 16.6 Å². The fraction of sp³-hybridized carbons (Fsp3) is 0.438. The summed E-state index contributed by atoms with van der Waals surface area (Å²) in [5.74, 6) is 1.03. The molecule has 0 saturated heterocycles. The molecule has 0 bridgehead atoms. The van der Waals surface area contributed by atoms with Gasteiger partial charge < -0.3 is 0 Å². The minimum absolute atomic E-state index is 0.0718. The highest BCUT2D eigenvalue weighted by Gasteiger charge is 2.26. The van der Waals surface area contributed by atoms with Gasteiger partial charge in [0, 0.05) is 30.6 Å². The van der Waals surface area contributed by atoms with Crippen LogP contribution in [0.25, 0.3) is 11.3 Å². The fourth-order valence-electron chi connectivity index (χ4n) is 3.24. The summed E-state index contributed by atoms with van der Waals surface area (Å²) < 4.78 is 1.51. The van der Waals surface area contributed by atoms with E-state index in [2.05, 4.69) is 33.7 Å². The van der Waals surface area contributed by atoms with E-state index in [0.717, 1.165) is 42.9 Å². The van der Waals surface area contributed by atoms with Crippen molar-refractivity contribution in [2.24, 2.45) is 11.0 Å². The van der Waals surface area contributed by atoms with Gasteiger partial charge in [-0.3, -0.25) is 5.41 Å². The summed E-state index contributed by atoms with van der Waals surface area (Å²) in [5, 5.41) is 12.5. The third-order valence-electron chi connectivity index (χ3n) is 4.49. The van der Waals surface area contributed by atoms with Crippen LogP contribution in [-0.2, 0) is 0 Å². The zero-order chi connectivity index (χ0) is 16.4. The molecule has 3 rings (SSSR count). The number of hydrogen-bond acceptors (Lipinski definition) is 5. The Labute approximate surface area is 139 Å². The van der Waals surface area contributed by atoms with Crippen molar-refractivity contribution in [1.29, 1.82) is 5.41 Å². The quantitative estimate of drug-likeness (QED) is 0.877. The molecule has 1 aliphatic rings. The number of hydrogen-bond donors (Lipinski definition) is 1. The summed E-state index contributed by atoms with van der Waals surface area (Å²) in [6.45, 7) is 5.89. The summed E-state index contributed by atoms with van der Waals surface area (Å²) in [5.41, 5.74) is 2.43. The highest BCUT2D eigenvalue weighted by Crippen LogP contribution is 2.39. The predicted octanol–water partition coefficient (Wildman–Crippen LogP) is 3.23. The molecular weight excluding hydrogens is 312 g/mol. The SMILES string of the molecule is C=Nn1c(C2CCC(C)CC2)c(-c2ncncc2Cl)cnc1=N. The van der Waals surface area contributed by atoms with Crippen molar-refractivity contribution in [3.05, 3.63) is 35.1 Å². The molecule has 0 aromatic carbocycles. The van der Waals surface area contributed by atoms with E-state index in [1.807, 2.05) is 0 Å². The summed E-state index contributed by atoms with van der Waals surface area (Å²) in [7, 11) is 0. The second kappa shape index (κ2) is 6.58. The van der Waals surface area contributed by atoms with Crippen molar-refractivity contribution in [2.45, 2.75) is 38.5 Å². The van der Waals surface area contributed by atoms with Gasteiger partial charge in [-0.25, -0.2) is 19.6 Å². The summed E-state index contributed by atoms with van der Waals surface area (Å²) in [4.78, 5) is 12.4. The molecular formula is C16H19ClN6. The molecule has 7 heteroatoms. The van der Waals surface area contributed by atoms with Crippen molar-refractivity contribution < 1.29 is 0 Å². The van der Waals surface area contributed by atoms with Crippen LogP contribution in [0.5, 0.6) is 0 Å². The molecule has 0 spiro atoms. The molecule has 1 fully saturated rings. The molecule has 1 N–H and O–H groups in total. The maximum Gasteiger partial charge on any atom is 0.243 e. The minimum Gasteiger partial charge on any atom is -0.265 e. The maximum absolute atomic E-state index is 8.04. The first kappa shape index (κ1) is 15.8. The fourth-order valence-corrected chi connectivity index (χ4v) is 3.44. The first-order valence-corrected chi connectivity index (χ1v) is 8.09. The lowest BCUT2D eigenvalue weighted by molar-refractivity contribution is 0.338. The van der Waals surface area contributed by atoms with E-state index in [4.69, 9.17) is 17.0 Å². The lowest BCUT2D eigenvalue weighted by Gasteiger charge is -2.28. The number of halogens is 1. The third kappa shape index (κ3) is 3.03. The number of nitrogens with zero attached hydrogens (tertiary/aromatic N) is 5. The maximum atomic E-state index is 8.04. The van der Waals surface area contributed by atoms with Crippen LogP contribution in [0.3, 0.4) is 0 Å². The van der Waals surface area contributed by atoms with Gasteiger partial charge in [-0.05, 0) is 18.8 Å². The largest absolute Gasteiger partial charge is 0.265 e. The smallest absolute Gasteiger partial charge is 0.243 e. The summed E-state index contributed by atoms with van der Waals surface area (Å²) in [6.07, 6.45) is 9.12. The molecule has 1 aliphatic carbocycles. The molecule has 2 aromatic heterocycles. The molecule has 120 valence electrons. The Bertz CT molecular complexity index is 776. The zero-order valence-corrected chi connectivity index (χ0v) is 13.8. The first-order valence-electron chi connectivity index (χ1n) is 7.71. The van der Waals surface area contributed by atoms with Crippen LogP contribution in [-0.4, -0.2) is 26.3 Å². The van der Waals surface area contributed by atoms with Crippen LogP contribution in [0.15, 0.2) is 23.8 Å². The molecule has 6 nitrogen and oxygen atoms in total. The Kier molecular flexibility index (Phi) is 4.52. The Morgan fingerprint density at radius 3 is 2.65 bits per heavy atom. The molecule has 0 aliphatic heterocycles. The van der Waals surface area contributed by atoms with Crippen LogP contribution in [0, 0.1) is 11.3 Å². The Balaban J connectivity index is 2.19. The van der Waals surface area contributed by atoms with Crippen molar-refractivity contribution in [3.63, 3.8) is 0 Å². The highest BCUT2D eigenvalue weighted by atomic mass is 35.5. The molecule has 0 unspecified atom stereocenters. The Morgan fingerprint density at radius 2 is 2.00 bits per heavy atom. The van der Waals surface area contributed by atoms with Gasteiger partial charge in [-0.15, -0.1) is 0 Å². The van der Waals surface area contributed by atoms with Crippen LogP contribution < -0.4 is 5.62 Å². The molecule has 23 heavy (non-hydrogen) atoms. The van der Waals surface area contributed by atoms with Gasteiger partial charge in [0.15, 0.2) is 0 Å².